The third-order valence-corrected chi connectivity index (χ3v) is 10.1. The van der Waals surface area contributed by atoms with Crippen LogP contribution in [-0.4, -0.2) is 57.0 Å². The van der Waals surface area contributed by atoms with Crippen molar-refractivity contribution in [2.75, 3.05) is 5.73 Å². The minimum Gasteiger partial charge on any atom is -0.744 e. The highest BCUT2D eigenvalue weighted by Crippen LogP contribution is 2.44. The molecule has 0 atom stereocenters. The fourth-order valence-electron chi connectivity index (χ4n) is 4.42. The zero-order valence-electron chi connectivity index (χ0n) is 23.3. The van der Waals surface area contributed by atoms with Crippen molar-refractivity contribution in [1.82, 2.24) is 0 Å². The number of hydrogen-bond acceptors (Lipinski definition) is 17. The van der Waals surface area contributed by atoms with Crippen LogP contribution in [0.15, 0.2) is 113 Å². The summed E-state index contributed by atoms with van der Waals surface area (Å²) in [7, 11) is -20.1. The normalized spacial score (nSPS) is 13.2. The van der Waals surface area contributed by atoms with Crippen LogP contribution in [0.4, 0.5) is 28.4 Å². The van der Waals surface area contributed by atoms with Crippen molar-refractivity contribution in [3.63, 3.8) is 0 Å². The molecule has 48 heavy (non-hydrogen) atoms. The van der Waals surface area contributed by atoms with Gasteiger partial charge in [-0.25, -0.2) is 25.3 Å². The standard InChI is InChI=1S/C26H19N5O13S4/c27-20-12-18-13(9-23(20)47(39,40)41)10-24(48(42,43)44)25(26(18)32)31-30-22-8-7-21(17-6-5-16(11-19(17)22)46(36,37)38)29-28-14-1-3-15(4-2-14)45(33,34)35/h1-12,32H,27H2,(H,33,34,35)(H,36,37,38)(H,39,40,41)(H,42,43,44)/p-3. The number of aromatic hydroxyl groups is 1. The second-order valence-corrected chi connectivity index (χ2v) is 15.2. The van der Waals surface area contributed by atoms with Gasteiger partial charge in [0.15, 0.2) is 5.75 Å². The molecular weight excluding hydrogens is 719 g/mol. The molecule has 4 N–H and O–H groups in total. The van der Waals surface area contributed by atoms with Gasteiger partial charge in [-0.15, -0.1) is 15.3 Å². The lowest BCUT2D eigenvalue weighted by Gasteiger charge is -2.16. The topological polar surface area (TPSA) is 322 Å². The summed E-state index contributed by atoms with van der Waals surface area (Å²) in [4.78, 5) is -3.23. The molecule has 5 rings (SSSR count). The third kappa shape index (κ3) is 6.99. The molecule has 22 heteroatoms. The molecule has 250 valence electrons. The number of anilines is 1. The van der Waals surface area contributed by atoms with Crippen molar-refractivity contribution < 1.29 is 57.0 Å². The van der Waals surface area contributed by atoms with E-state index in [0.29, 0.717) is 12.1 Å². The highest BCUT2D eigenvalue weighted by molar-refractivity contribution is 7.86. The Morgan fingerprint density at radius 2 is 1.10 bits per heavy atom. The van der Waals surface area contributed by atoms with E-state index in [4.69, 9.17) is 10.3 Å². The largest absolute Gasteiger partial charge is 0.744 e. The van der Waals surface area contributed by atoms with E-state index in [2.05, 4.69) is 20.5 Å². The summed E-state index contributed by atoms with van der Waals surface area (Å²) < 4.78 is 138. The Hall–Kier alpha value is -4.94. The Labute approximate surface area is 270 Å². The van der Waals surface area contributed by atoms with E-state index in [0.717, 1.165) is 30.3 Å². The summed E-state index contributed by atoms with van der Waals surface area (Å²) in [5, 5.41) is 25.8. The van der Waals surface area contributed by atoms with Crippen LogP contribution in [-0.2, 0) is 40.5 Å². The summed E-state index contributed by atoms with van der Waals surface area (Å²) in [6.45, 7) is 0. The average Bonchev–Trinajstić information content (AvgIpc) is 2.97. The van der Waals surface area contributed by atoms with Crippen molar-refractivity contribution >= 4 is 90.5 Å². The van der Waals surface area contributed by atoms with Gasteiger partial charge in [0.05, 0.1) is 36.6 Å². The SMILES string of the molecule is Nc1cc2c(O)c(N=Nc3ccc(N=Nc4ccc(S(=O)(=O)O)cc4)c4ccc(S(=O)(=O)[O-])cc34)c(S(=O)(=O)[O-])cc2cc1S(=O)(=O)[O-]. The quantitative estimate of drug-likeness (QED) is 0.115. The first kappa shape index (κ1) is 34.4. The van der Waals surface area contributed by atoms with E-state index >= 15 is 0 Å². The summed E-state index contributed by atoms with van der Waals surface area (Å²) in [5.74, 6) is -0.996. The van der Waals surface area contributed by atoms with E-state index in [9.17, 15) is 52.4 Å². The van der Waals surface area contributed by atoms with Crippen LogP contribution >= 0.6 is 0 Å². The lowest BCUT2D eigenvalue weighted by atomic mass is 10.1. The molecule has 0 heterocycles. The first-order chi connectivity index (χ1) is 22.1. The fourth-order valence-corrected chi connectivity index (χ4v) is 6.66. The molecule has 0 amide bonds. The third-order valence-electron chi connectivity index (χ3n) is 6.62. The Bertz CT molecular complexity index is 2680. The van der Waals surface area contributed by atoms with Crippen molar-refractivity contribution in [3.8, 4) is 5.75 Å². The number of nitrogen functional groups attached to an aromatic ring is 1. The molecule has 0 unspecified atom stereocenters. The van der Waals surface area contributed by atoms with Crippen LogP contribution < -0.4 is 5.73 Å². The smallest absolute Gasteiger partial charge is 0.294 e. The molecule has 0 aliphatic heterocycles. The van der Waals surface area contributed by atoms with Crippen molar-refractivity contribution in [2.45, 2.75) is 19.6 Å². The zero-order chi connectivity index (χ0) is 35.4. The number of benzene rings is 5. The Morgan fingerprint density at radius 3 is 1.67 bits per heavy atom. The van der Waals surface area contributed by atoms with Crippen molar-refractivity contribution in [1.29, 1.82) is 0 Å². The monoisotopic (exact) mass is 734 g/mol. The zero-order valence-corrected chi connectivity index (χ0v) is 26.6. The maximum atomic E-state index is 12.1. The average molecular weight is 735 g/mol. The predicted octanol–water partition coefficient (Wildman–Crippen LogP) is 4.07. The molecule has 0 radical (unpaired) electrons. The Kier molecular flexibility index (Phi) is 8.56. The molecule has 18 nitrogen and oxygen atoms in total. The number of fused-ring (bicyclic) bond motifs is 2. The maximum absolute atomic E-state index is 12.1. The number of hydrogen-bond donors (Lipinski definition) is 3. The summed E-state index contributed by atoms with van der Waals surface area (Å²) >= 11 is 0. The molecule has 0 fully saturated rings. The van der Waals surface area contributed by atoms with Crippen LogP contribution in [0.1, 0.15) is 0 Å². The first-order valence-electron chi connectivity index (χ1n) is 12.6. The van der Waals surface area contributed by atoms with Crippen LogP contribution in [0.3, 0.4) is 0 Å². The van der Waals surface area contributed by atoms with E-state index in [-0.39, 0.29) is 38.6 Å². The van der Waals surface area contributed by atoms with E-state index in [1.54, 1.807) is 0 Å². The van der Waals surface area contributed by atoms with Crippen LogP contribution in [0.2, 0.25) is 0 Å². The lowest BCUT2D eigenvalue weighted by Crippen LogP contribution is -2.04. The molecule has 0 bridgehead atoms. The van der Waals surface area contributed by atoms with Crippen molar-refractivity contribution in [3.05, 3.63) is 72.8 Å². The summed E-state index contributed by atoms with van der Waals surface area (Å²) in [6, 6.07) is 12.3. The second kappa shape index (κ2) is 11.9. The van der Waals surface area contributed by atoms with E-state index in [1.807, 2.05) is 0 Å². The molecule has 0 aliphatic carbocycles. The van der Waals surface area contributed by atoms with Gasteiger partial charge in [0.25, 0.3) is 10.1 Å². The minimum atomic E-state index is -5.45. The van der Waals surface area contributed by atoms with Gasteiger partial charge in [-0.1, -0.05) is 6.07 Å². The van der Waals surface area contributed by atoms with E-state index in [1.165, 1.54) is 30.3 Å². The number of azo groups is 2. The summed E-state index contributed by atoms with van der Waals surface area (Å²) in [5.41, 5.74) is 4.08. The molecule has 0 saturated heterocycles. The minimum absolute atomic E-state index is 0.0636. The maximum Gasteiger partial charge on any atom is 0.294 e. The van der Waals surface area contributed by atoms with Crippen LogP contribution in [0.25, 0.3) is 21.5 Å². The number of nitrogens with two attached hydrogens (primary N) is 1. The fraction of sp³-hybridized carbons (Fsp3) is 0. The molecule has 0 aliphatic rings. The van der Waals surface area contributed by atoms with Gasteiger partial charge < -0.3 is 24.5 Å². The number of phenols is 1. The van der Waals surface area contributed by atoms with Gasteiger partial charge in [0.1, 0.15) is 36.0 Å². The molecular formula is C26H16N5O13S4-3. The molecule has 5 aromatic rings. The van der Waals surface area contributed by atoms with E-state index < -0.39 is 77.2 Å². The number of rotatable bonds is 8. The van der Waals surface area contributed by atoms with Crippen molar-refractivity contribution in [2.24, 2.45) is 20.5 Å². The number of phenolic OH excluding ortho intramolecular Hbond substituents is 1. The van der Waals surface area contributed by atoms with Crippen LogP contribution in [0.5, 0.6) is 5.75 Å². The molecule has 0 saturated carbocycles. The Balaban J connectivity index is 1.68. The first-order valence-corrected chi connectivity index (χ1v) is 18.3. The van der Waals surface area contributed by atoms with Gasteiger partial charge in [-0.05, 0) is 72.1 Å². The Morgan fingerprint density at radius 1 is 0.562 bits per heavy atom. The van der Waals surface area contributed by atoms with Crippen LogP contribution in [0, 0.1) is 0 Å². The number of nitrogens with zero attached hydrogens (tertiary/aromatic N) is 4. The highest BCUT2D eigenvalue weighted by atomic mass is 32.2. The molecule has 0 spiro atoms. The molecule has 5 aromatic carbocycles. The highest BCUT2D eigenvalue weighted by Gasteiger charge is 2.20. The predicted molar refractivity (Wildman–Crippen MR) is 162 cm³/mol. The van der Waals surface area contributed by atoms with Gasteiger partial charge >= 0.3 is 0 Å². The van der Waals surface area contributed by atoms with Gasteiger partial charge in [0, 0.05) is 21.8 Å². The van der Waals surface area contributed by atoms with Gasteiger partial charge in [-0.3, -0.25) is 4.55 Å². The molecule has 0 aromatic heterocycles. The van der Waals surface area contributed by atoms with Gasteiger partial charge in [0.2, 0.25) is 0 Å². The second-order valence-electron chi connectivity index (χ2n) is 9.73. The lowest BCUT2D eigenvalue weighted by molar-refractivity contribution is 0.458. The summed E-state index contributed by atoms with van der Waals surface area (Å²) in [6.07, 6.45) is 0. The van der Waals surface area contributed by atoms with Gasteiger partial charge in [-0.2, -0.15) is 13.5 Å².